The van der Waals surface area contributed by atoms with E-state index >= 15 is 0 Å². The Morgan fingerprint density at radius 1 is 1.60 bits per heavy atom. The number of aromatic nitrogens is 1. The van der Waals surface area contributed by atoms with Crippen LogP contribution in [0.5, 0.6) is 0 Å². The van der Waals surface area contributed by atoms with Gasteiger partial charge in [-0.1, -0.05) is 0 Å². The van der Waals surface area contributed by atoms with Crippen molar-refractivity contribution in [3.05, 3.63) is 29.6 Å². The number of nitrogens with zero attached hydrogens (tertiary/aromatic N) is 1. The molecular formula is C8H11NO. The highest BCUT2D eigenvalue weighted by Crippen LogP contribution is 2.00. The lowest BCUT2D eigenvalue weighted by Crippen LogP contribution is -1.88. The molecule has 0 aliphatic rings. The van der Waals surface area contributed by atoms with Crippen molar-refractivity contribution in [2.75, 3.05) is 7.11 Å². The Bertz CT molecular complexity index is 210. The fraction of sp³-hybridized carbons (Fsp3) is 0.375. The van der Waals surface area contributed by atoms with E-state index in [9.17, 15) is 0 Å². The Kier molecular flexibility index (Phi) is 2.40. The van der Waals surface area contributed by atoms with Gasteiger partial charge >= 0.3 is 0 Å². The van der Waals surface area contributed by atoms with Crippen LogP contribution in [0.2, 0.25) is 0 Å². The molecule has 0 saturated carbocycles. The third kappa shape index (κ3) is 1.81. The molecule has 0 aromatic carbocycles. The third-order valence-electron chi connectivity index (χ3n) is 1.27. The summed E-state index contributed by atoms with van der Waals surface area (Å²) in [5.41, 5.74) is 2.21. The van der Waals surface area contributed by atoms with Crippen molar-refractivity contribution in [2.24, 2.45) is 0 Å². The van der Waals surface area contributed by atoms with Gasteiger partial charge in [-0.2, -0.15) is 0 Å². The number of methoxy groups -OCH3 is 1. The molecule has 0 radical (unpaired) electrons. The standard InChI is InChI=1S/C8H11NO/c1-7-5-8(6-10-2)3-4-9-7/h3-5H,6H2,1-2H3. The average Bonchev–Trinajstić information content (AvgIpc) is 1.88. The van der Waals surface area contributed by atoms with Crippen LogP contribution in [0.15, 0.2) is 18.3 Å². The molecule has 0 saturated heterocycles. The van der Waals surface area contributed by atoms with E-state index in [1.54, 1.807) is 13.3 Å². The van der Waals surface area contributed by atoms with E-state index in [-0.39, 0.29) is 0 Å². The maximum atomic E-state index is 4.96. The number of hydrogen-bond donors (Lipinski definition) is 0. The van der Waals surface area contributed by atoms with Crippen LogP contribution in [0.25, 0.3) is 0 Å². The normalized spacial score (nSPS) is 9.80. The van der Waals surface area contributed by atoms with Crippen molar-refractivity contribution in [1.82, 2.24) is 4.98 Å². The second kappa shape index (κ2) is 3.32. The van der Waals surface area contributed by atoms with Crippen molar-refractivity contribution in [3.8, 4) is 0 Å². The first kappa shape index (κ1) is 7.22. The molecule has 1 rings (SSSR count). The summed E-state index contributed by atoms with van der Waals surface area (Å²) in [7, 11) is 1.69. The summed E-state index contributed by atoms with van der Waals surface area (Å²) in [6, 6.07) is 3.97. The van der Waals surface area contributed by atoms with Gasteiger partial charge in [-0.15, -0.1) is 0 Å². The molecule has 0 bridgehead atoms. The molecule has 10 heavy (non-hydrogen) atoms. The molecule has 1 heterocycles. The van der Waals surface area contributed by atoms with E-state index in [1.807, 2.05) is 19.1 Å². The minimum Gasteiger partial charge on any atom is -0.380 e. The highest BCUT2D eigenvalue weighted by molar-refractivity contribution is 5.14. The van der Waals surface area contributed by atoms with Gasteiger partial charge in [-0.25, -0.2) is 0 Å². The van der Waals surface area contributed by atoms with Crippen molar-refractivity contribution < 1.29 is 4.74 Å². The fourth-order valence-corrected chi connectivity index (χ4v) is 0.861. The summed E-state index contributed by atoms with van der Waals surface area (Å²) in [5, 5.41) is 0. The number of rotatable bonds is 2. The first-order valence-electron chi connectivity index (χ1n) is 3.23. The summed E-state index contributed by atoms with van der Waals surface area (Å²) >= 11 is 0. The topological polar surface area (TPSA) is 22.1 Å². The van der Waals surface area contributed by atoms with Gasteiger partial charge in [0.1, 0.15) is 0 Å². The molecule has 0 amide bonds. The Hall–Kier alpha value is -0.890. The summed E-state index contributed by atoms with van der Waals surface area (Å²) in [5.74, 6) is 0. The van der Waals surface area contributed by atoms with Crippen molar-refractivity contribution in [2.45, 2.75) is 13.5 Å². The SMILES string of the molecule is COCc1ccnc(C)c1. The average molecular weight is 137 g/mol. The van der Waals surface area contributed by atoms with Gasteiger partial charge in [0.2, 0.25) is 0 Å². The van der Waals surface area contributed by atoms with Crippen LogP contribution in [0.3, 0.4) is 0 Å². The largest absolute Gasteiger partial charge is 0.380 e. The van der Waals surface area contributed by atoms with Gasteiger partial charge in [0.05, 0.1) is 6.61 Å². The second-order valence-corrected chi connectivity index (χ2v) is 2.24. The van der Waals surface area contributed by atoms with E-state index in [4.69, 9.17) is 4.74 Å². The van der Waals surface area contributed by atoms with Crippen LogP contribution < -0.4 is 0 Å². The highest BCUT2D eigenvalue weighted by Gasteiger charge is 1.90. The monoisotopic (exact) mass is 137 g/mol. The van der Waals surface area contributed by atoms with Crippen LogP contribution in [0.4, 0.5) is 0 Å². The predicted molar refractivity (Wildman–Crippen MR) is 39.7 cm³/mol. The van der Waals surface area contributed by atoms with E-state index in [0.717, 1.165) is 5.69 Å². The van der Waals surface area contributed by atoms with Crippen LogP contribution in [-0.4, -0.2) is 12.1 Å². The Labute approximate surface area is 60.9 Å². The van der Waals surface area contributed by atoms with E-state index in [1.165, 1.54) is 5.56 Å². The molecule has 1 aromatic rings. The number of hydrogen-bond acceptors (Lipinski definition) is 2. The summed E-state index contributed by atoms with van der Waals surface area (Å²) in [6.07, 6.45) is 1.80. The maximum absolute atomic E-state index is 4.96. The minimum atomic E-state index is 0.670. The minimum absolute atomic E-state index is 0.670. The van der Waals surface area contributed by atoms with Gasteiger partial charge in [-0.05, 0) is 24.6 Å². The summed E-state index contributed by atoms with van der Waals surface area (Å²) in [4.78, 5) is 4.07. The Morgan fingerprint density at radius 2 is 2.40 bits per heavy atom. The van der Waals surface area contributed by atoms with E-state index in [0.29, 0.717) is 6.61 Å². The number of pyridine rings is 1. The van der Waals surface area contributed by atoms with E-state index < -0.39 is 0 Å². The van der Waals surface area contributed by atoms with Gasteiger partial charge in [-0.3, -0.25) is 4.98 Å². The molecule has 1 aromatic heterocycles. The van der Waals surface area contributed by atoms with Gasteiger partial charge < -0.3 is 4.74 Å². The summed E-state index contributed by atoms with van der Waals surface area (Å²) < 4.78 is 4.96. The van der Waals surface area contributed by atoms with Crippen molar-refractivity contribution in [3.63, 3.8) is 0 Å². The van der Waals surface area contributed by atoms with Crippen molar-refractivity contribution in [1.29, 1.82) is 0 Å². The second-order valence-electron chi connectivity index (χ2n) is 2.24. The quantitative estimate of drug-likeness (QED) is 0.616. The van der Waals surface area contributed by atoms with Gasteiger partial charge in [0, 0.05) is 19.0 Å². The van der Waals surface area contributed by atoms with Crippen LogP contribution in [-0.2, 0) is 11.3 Å². The van der Waals surface area contributed by atoms with Gasteiger partial charge in [0.25, 0.3) is 0 Å². The molecule has 2 nitrogen and oxygen atoms in total. The van der Waals surface area contributed by atoms with Crippen molar-refractivity contribution >= 4 is 0 Å². The number of aryl methyl sites for hydroxylation is 1. The van der Waals surface area contributed by atoms with Crippen LogP contribution >= 0.6 is 0 Å². The maximum Gasteiger partial charge on any atom is 0.0714 e. The lowest BCUT2D eigenvalue weighted by atomic mass is 10.2. The third-order valence-corrected chi connectivity index (χ3v) is 1.27. The lowest BCUT2D eigenvalue weighted by molar-refractivity contribution is 0.185. The fourth-order valence-electron chi connectivity index (χ4n) is 0.861. The molecule has 0 aliphatic heterocycles. The molecule has 0 N–H and O–H groups in total. The highest BCUT2D eigenvalue weighted by atomic mass is 16.5. The molecular weight excluding hydrogens is 126 g/mol. The van der Waals surface area contributed by atoms with E-state index in [2.05, 4.69) is 4.98 Å². The zero-order valence-electron chi connectivity index (χ0n) is 6.29. The molecule has 0 aliphatic carbocycles. The molecule has 54 valence electrons. The molecule has 2 heteroatoms. The first-order chi connectivity index (χ1) is 4.83. The Morgan fingerprint density at radius 3 is 3.00 bits per heavy atom. The van der Waals surface area contributed by atoms with Crippen LogP contribution in [0.1, 0.15) is 11.3 Å². The molecule has 0 atom stereocenters. The lowest BCUT2D eigenvalue weighted by Gasteiger charge is -1.98. The van der Waals surface area contributed by atoms with Crippen LogP contribution in [0, 0.1) is 6.92 Å². The molecule has 0 fully saturated rings. The molecule has 0 unspecified atom stereocenters. The smallest absolute Gasteiger partial charge is 0.0714 e. The van der Waals surface area contributed by atoms with Gasteiger partial charge in [0.15, 0.2) is 0 Å². The predicted octanol–water partition coefficient (Wildman–Crippen LogP) is 1.54. The summed E-state index contributed by atoms with van der Waals surface area (Å²) in [6.45, 7) is 2.64. The zero-order valence-corrected chi connectivity index (χ0v) is 6.29. The molecule has 0 spiro atoms. The zero-order chi connectivity index (χ0) is 7.40. The Balaban J connectivity index is 2.75. The first-order valence-corrected chi connectivity index (χ1v) is 3.23. The number of ether oxygens (including phenoxy) is 1.